The van der Waals surface area contributed by atoms with Crippen LogP contribution >= 0.6 is 23.4 Å². The summed E-state index contributed by atoms with van der Waals surface area (Å²) < 4.78 is 0. The predicted molar refractivity (Wildman–Crippen MR) is 67.9 cm³/mol. The molecule has 0 atom stereocenters. The number of hydrogen-bond acceptors (Lipinski definition) is 3. The molecule has 0 unspecified atom stereocenters. The number of carbonyl (C=O) groups is 2. The van der Waals surface area contributed by atoms with Gasteiger partial charge in [-0.15, -0.1) is 11.8 Å². The Morgan fingerprint density at radius 1 is 1.25 bits per heavy atom. The summed E-state index contributed by atoms with van der Waals surface area (Å²) in [7, 11) is 0. The predicted octanol–water partition coefficient (Wildman–Crippen LogP) is 3.12. The monoisotopic (exact) mass is 256 g/mol. The minimum atomic E-state index is -0.573. The third-order valence-corrected chi connectivity index (χ3v) is 3.95. The average Bonchev–Trinajstić information content (AvgIpc) is 2.20. The summed E-state index contributed by atoms with van der Waals surface area (Å²) in [6.45, 7) is 2.87. The van der Waals surface area contributed by atoms with Crippen LogP contribution in [0.3, 0.4) is 0 Å². The summed E-state index contributed by atoms with van der Waals surface area (Å²) in [5.74, 6) is 0.359. The fraction of sp³-hybridized carbons (Fsp3) is 0.333. The molecule has 0 spiro atoms. The van der Waals surface area contributed by atoms with E-state index < -0.39 is 5.25 Å². The lowest BCUT2D eigenvalue weighted by atomic mass is 10.2. The van der Waals surface area contributed by atoms with Crippen molar-refractivity contribution in [3.05, 3.63) is 34.9 Å². The minimum absolute atomic E-state index is 0.107. The molecular weight excluding hydrogens is 244 g/mol. The number of halogens is 1. The molecule has 0 N–H and O–H groups in total. The Balaban J connectivity index is 2.66. The minimum Gasteiger partial charge on any atom is -0.298 e. The maximum atomic E-state index is 11.2. The number of thioether (sulfide) groups is 1. The molecule has 0 saturated heterocycles. The van der Waals surface area contributed by atoms with Crippen LogP contribution < -0.4 is 0 Å². The third-order valence-electron chi connectivity index (χ3n) is 2.10. The number of hydrogen-bond donors (Lipinski definition) is 0. The molecule has 0 aliphatic rings. The zero-order valence-corrected chi connectivity index (χ0v) is 10.8. The first-order valence-electron chi connectivity index (χ1n) is 4.88. The summed E-state index contributed by atoms with van der Waals surface area (Å²) >= 11 is 7.31. The van der Waals surface area contributed by atoms with E-state index in [2.05, 4.69) is 0 Å². The van der Waals surface area contributed by atoms with Crippen molar-refractivity contribution in [3.63, 3.8) is 0 Å². The molecule has 4 heteroatoms. The zero-order valence-electron chi connectivity index (χ0n) is 9.20. The standard InChI is InChI=1S/C12H13ClO2S/c1-8(14)12(9(2)15)16-7-10-5-3-4-6-11(10)13/h3-6,12H,7H2,1-2H3. The molecule has 0 bridgehead atoms. The Labute approximate surface area is 104 Å². The SMILES string of the molecule is CC(=O)C(SCc1ccccc1Cl)C(C)=O. The van der Waals surface area contributed by atoms with Gasteiger partial charge in [0, 0.05) is 10.8 Å². The third kappa shape index (κ3) is 3.65. The number of Topliss-reactive ketones (excluding diaryl/α,β-unsaturated/α-hetero) is 2. The van der Waals surface area contributed by atoms with Crippen molar-refractivity contribution >= 4 is 34.9 Å². The number of benzene rings is 1. The maximum absolute atomic E-state index is 11.2. The van der Waals surface area contributed by atoms with Gasteiger partial charge in [0.05, 0.1) is 0 Å². The summed E-state index contributed by atoms with van der Waals surface area (Å²) in [6, 6.07) is 7.43. The summed E-state index contributed by atoms with van der Waals surface area (Å²) in [4.78, 5) is 22.4. The largest absolute Gasteiger partial charge is 0.298 e. The summed E-state index contributed by atoms with van der Waals surface area (Å²) in [5.41, 5.74) is 0.946. The highest BCUT2D eigenvalue weighted by molar-refractivity contribution is 8.00. The van der Waals surface area contributed by atoms with Crippen LogP contribution in [0, 0.1) is 0 Å². The second-order valence-electron chi connectivity index (χ2n) is 3.50. The lowest BCUT2D eigenvalue weighted by molar-refractivity contribution is -0.123. The van der Waals surface area contributed by atoms with Crippen LogP contribution in [0.5, 0.6) is 0 Å². The highest BCUT2D eigenvalue weighted by atomic mass is 35.5. The summed E-state index contributed by atoms with van der Waals surface area (Å²) in [6.07, 6.45) is 0. The van der Waals surface area contributed by atoms with Gasteiger partial charge in [0.15, 0.2) is 0 Å². The van der Waals surface area contributed by atoms with E-state index in [0.29, 0.717) is 10.8 Å². The van der Waals surface area contributed by atoms with E-state index in [1.54, 1.807) is 6.07 Å². The van der Waals surface area contributed by atoms with Crippen molar-refractivity contribution in [2.75, 3.05) is 0 Å². The first-order chi connectivity index (χ1) is 7.52. The van der Waals surface area contributed by atoms with Crippen molar-refractivity contribution in [1.82, 2.24) is 0 Å². The van der Waals surface area contributed by atoms with Crippen LogP contribution in [0.25, 0.3) is 0 Å². The normalized spacial score (nSPS) is 10.5. The molecule has 0 radical (unpaired) electrons. The lowest BCUT2D eigenvalue weighted by Crippen LogP contribution is -2.22. The Kier molecular flexibility index (Phi) is 5.03. The maximum Gasteiger partial charge on any atom is 0.150 e. The second-order valence-corrected chi connectivity index (χ2v) is 5.00. The van der Waals surface area contributed by atoms with Gasteiger partial charge in [0.2, 0.25) is 0 Å². The summed E-state index contributed by atoms with van der Waals surface area (Å²) in [5, 5.41) is 0.0946. The molecule has 16 heavy (non-hydrogen) atoms. The Morgan fingerprint density at radius 2 is 1.81 bits per heavy atom. The van der Waals surface area contributed by atoms with Gasteiger partial charge < -0.3 is 0 Å². The molecule has 0 aliphatic heterocycles. The molecule has 1 rings (SSSR count). The first kappa shape index (κ1) is 13.3. The molecule has 2 nitrogen and oxygen atoms in total. The molecule has 1 aromatic rings. The first-order valence-corrected chi connectivity index (χ1v) is 6.31. The lowest BCUT2D eigenvalue weighted by Gasteiger charge is -2.10. The molecule has 0 saturated carbocycles. The van der Waals surface area contributed by atoms with Crippen molar-refractivity contribution in [2.45, 2.75) is 24.9 Å². The quantitative estimate of drug-likeness (QED) is 0.759. The van der Waals surface area contributed by atoms with E-state index in [1.807, 2.05) is 18.2 Å². The van der Waals surface area contributed by atoms with E-state index in [-0.39, 0.29) is 11.6 Å². The Morgan fingerprint density at radius 3 is 2.31 bits per heavy atom. The van der Waals surface area contributed by atoms with Gasteiger partial charge in [-0.2, -0.15) is 0 Å². The number of carbonyl (C=O) groups excluding carboxylic acids is 2. The van der Waals surface area contributed by atoms with Gasteiger partial charge in [-0.25, -0.2) is 0 Å². The van der Waals surface area contributed by atoms with Crippen molar-refractivity contribution in [1.29, 1.82) is 0 Å². The van der Waals surface area contributed by atoms with Crippen LogP contribution in [0.1, 0.15) is 19.4 Å². The average molecular weight is 257 g/mol. The van der Waals surface area contributed by atoms with Crippen LogP contribution in [0.4, 0.5) is 0 Å². The highest BCUT2D eigenvalue weighted by Gasteiger charge is 2.19. The molecule has 0 aliphatic carbocycles. The van der Waals surface area contributed by atoms with E-state index >= 15 is 0 Å². The van der Waals surface area contributed by atoms with Crippen molar-refractivity contribution in [3.8, 4) is 0 Å². The van der Waals surface area contributed by atoms with Gasteiger partial charge in [-0.1, -0.05) is 29.8 Å². The number of rotatable bonds is 5. The Bertz CT molecular complexity index is 390. The van der Waals surface area contributed by atoms with Gasteiger partial charge >= 0.3 is 0 Å². The molecule has 0 fully saturated rings. The van der Waals surface area contributed by atoms with Crippen molar-refractivity contribution in [2.24, 2.45) is 0 Å². The molecule has 0 aromatic heterocycles. The molecular formula is C12H13ClO2S. The topological polar surface area (TPSA) is 34.1 Å². The van der Waals surface area contributed by atoms with Gasteiger partial charge in [0.25, 0.3) is 0 Å². The van der Waals surface area contributed by atoms with Gasteiger partial charge in [0.1, 0.15) is 16.8 Å². The van der Waals surface area contributed by atoms with Gasteiger partial charge in [-0.05, 0) is 25.5 Å². The van der Waals surface area contributed by atoms with Crippen LogP contribution in [0.15, 0.2) is 24.3 Å². The fourth-order valence-electron chi connectivity index (χ4n) is 1.31. The Hall–Kier alpha value is -0.800. The zero-order chi connectivity index (χ0) is 12.1. The molecule has 0 heterocycles. The molecule has 1 aromatic carbocycles. The van der Waals surface area contributed by atoms with E-state index in [1.165, 1.54) is 25.6 Å². The van der Waals surface area contributed by atoms with Crippen LogP contribution in [0.2, 0.25) is 5.02 Å². The fourth-order valence-corrected chi connectivity index (χ4v) is 2.66. The van der Waals surface area contributed by atoms with Crippen LogP contribution in [-0.4, -0.2) is 16.8 Å². The van der Waals surface area contributed by atoms with Crippen molar-refractivity contribution < 1.29 is 9.59 Å². The van der Waals surface area contributed by atoms with E-state index in [9.17, 15) is 9.59 Å². The molecule has 86 valence electrons. The second kappa shape index (κ2) is 6.06. The number of ketones is 2. The van der Waals surface area contributed by atoms with Gasteiger partial charge in [-0.3, -0.25) is 9.59 Å². The van der Waals surface area contributed by atoms with E-state index in [4.69, 9.17) is 11.6 Å². The smallest absolute Gasteiger partial charge is 0.150 e. The highest BCUT2D eigenvalue weighted by Crippen LogP contribution is 2.24. The van der Waals surface area contributed by atoms with E-state index in [0.717, 1.165) is 5.56 Å². The van der Waals surface area contributed by atoms with Crippen LogP contribution in [-0.2, 0) is 15.3 Å². The molecule has 0 amide bonds.